The zero-order chi connectivity index (χ0) is 15.5. The third-order valence-electron chi connectivity index (χ3n) is 3.85. The van der Waals surface area contributed by atoms with Crippen molar-refractivity contribution in [2.45, 2.75) is 25.4 Å². The van der Waals surface area contributed by atoms with Crippen LogP contribution in [0.3, 0.4) is 0 Å². The zero-order valence-corrected chi connectivity index (χ0v) is 12.7. The van der Waals surface area contributed by atoms with Crippen LogP contribution in [0.4, 0.5) is 0 Å². The molecule has 1 aliphatic rings. The van der Waals surface area contributed by atoms with E-state index in [1.807, 2.05) is 4.90 Å². The van der Waals surface area contributed by atoms with Crippen molar-refractivity contribution in [1.29, 1.82) is 0 Å². The molecular weight excluding hydrogens is 286 g/mol. The van der Waals surface area contributed by atoms with E-state index in [0.717, 1.165) is 12.8 Å². The van der Waals surface area contributed by atoms with Gasteiger partial charge < -0.3 is 14.2 Å². The summed E-state index contributed by atoms with van der Waals surface area (Å²) in [6.45, 7) is 1.70. The van der Waals surface area contributed by atoms with Gasteiger partial charge in [0.1, 0.15) is 6.61 Å². The number of aryl methyl sites for hydroxylation is 1. The normalized spacial score (nSPS) is 16.2. The lowest BCUT2D eigenvalue weighted by atomic mass is 9.96. The maximum atomic E-state index is 12.4. The third-order valence-corrected chi connectivity index (χ3v) is 3.85. The van der Waals surface area contributed by atoms with E-state index in [1.165, 1.54) is 0 Å². The topological polar surface area (TPSA) is 86.3 Å². The fraction of sp³-hybridized carbons (Fsp3) is 0.571. The highest BCUT2D eigenvalue weighted by molar-refractivity contribution is 5.93. The van der Waals surface area contributed by atoms with Crippen LogP contribution in [0.1, 0.15) is 40.8 Å². The Morgan fingerprint density at radius 2 is 2.23 bits per heavy atom. The third kappa shape index (κ3) is 3.01. The predicted octanol–water partition coefficient (Wildman–Crippen LogP) is 0.969. The molecule has 2 aromatic rings. The minimum absolute atomic E-state index is 0.0275. The summed E-state index contributed by atoms with van der Waals surface area (Å²) >= 11 is 0. The number of methoxy groups -OCH3 is 1. The minimum Gasteiger partial charge on any atom is -0.375 e. The van der Waals surface area contributed by atoms with E-state index in [1.54, 1.807) is 31.2 Å². The van der Waals surface area contributed by atoms with Gasteiger partial charge in [0, 0.05) is 39.4 Å². The number of nitrogens with zero attached hydrogens (tertiary/aromatic N) is 5. The lowest BCUT2D eigenvalue weighted by Crippen LogP contribution is -2.38. The molecule has 1 fully saturated rings. The molecule has 0 unspecified atom stereocenters. The molecule has 1 saturated heterocycles. The number of hydrogen-bond acceptors (Lipinski definition) is 6. The molecule has 0 bridgehead atoms. The van der Waals surface area contributed by atoms with Crippen LogP contribution in [0.15, 0.2) is 16.9 Å². The Balaban J connectivity index is 1.58. The Morgan fingerprint density at radius 1 is 1.45 bits per heavy atom. The molecule has 0 saturated carbocycles. The number of piperidine rings is 1. The van der Waals surface area contributed by atoms with Crippen LogP contribution in [0.25, 0.3) is 0 Å². The highest BCUT2D eigenvalue weighted by Gasteiger charge is 2.27. The van der Waals surface area contributed by atoms with Gasteiger partial charge in [-0.2, -0.15) is 10.1 Å². The Bertz CT molecular complexity index is 642. The van der Waals surface area contributed by atoms with Gasteiger partial charge in [0.2, 0.25) is 0 Å². The van der Waals surface area contributed by atoms with E-state index in [4.69, 9.17) is 9.26 Å². The number of carbonyl (C=O) groups excluding carboxylic acids is 1. The van der Waals surface area contributed by atoms with Crippen molar-refractivity contribution in [2.75, 3.05) is 20.2 Å². The SMILES string of the molecule is COCc1nc(C2CCN(C(=O)c3cnn(C)c3)CC2)no1. The van der Waals surface area contributed by atoms with Gasteiger partial charge >= 0.3 is 0 Å². The van der Waals surface area contributed by atoms with Crippen LogP contribution in [-0.4, -0.2) is 50.9 Å². The second kappa shape index (κ2) is 6.27. The molecule has 8 nitrogen and oxygen atoms in total. The van der Waals surface area contributed by atoms with Crippen LogP contribution in [-0.2, 0) is 18.4 Å². The molecule has 0 N–H and O–H groups in total. The van der Waals surface area contributed by atoms with E-state index in [0.29, 0.717) is 37.0 Å². The molecule has 0 aliphatic carbocycles. The summed E-state index contributed by atoms with van der Waals surface area (Å²) in [5, 5.41) is 8.05. The summed E-state index contributed by atoms with van der Waals surface area (Å²) in [4.78, 5) is 18.5. The first-order chi connectivity index (χ1) is 10.7. The average Bonchev–Trinajstić information content (AvgIpc) is 3.16. The molecule has 0 radical (unpaired) electrons. The van der Waals surface area contributed by atoms with Gasteiger partial charge in [-0.3, -0.25) is 9.48 Å². The highest BCUT2D eigenvalue weighted by Crippen LogP contribution is 2.26. The quantitative estimate of drug-likeness (QED) is 0.836. The molecule has 0 spiro atoms. The van der Waals surface area contributed by atoms with Crippen molar-refractivity contribution in [1.82, 2.24) is 24.8 Å². The van der Waals surface area contributed by atoms with E-state index >= 15 is 0 Å². The van der Waals surface area contributed by atoms with Gasteiger partial charge in [-0.15, -0.1) is 0 Å². The van der Waals surface area contributed by atoms with Crippen molar-refractivity contribution in [2.24, 2.45) is 7.05 Å². The first-order valence-electron chi connectivity index (χ1n) is 7.26. The molecule has 8 heteroatoms. The Labute approximate surface area is 128 Å². The number of amides is 1. The zero-order valence-electron chi connectivity index (χ0n) is 12.7. The fourth-order valence-corrected chi connectivity index (χ4v) is 2.67. The maximum Gasteiger partial charge on any atom is 0.257 e. The number of carbonyl (C=O) groups is 1. The number of ether oxygens (including phenoxy) is 1. The summed E-state index contributed by atoms with van der Waals surface area (Å²) < 4.78 is 11.7. The smallest absolute Gasteiger partial charge is 0.257 e. The van der Waals surface area contributed by atoms with E-state index in [-0.39, 0.29) is 11.8 Å². The Kier molecular flexibility index (Phi) is 4.19. The Hall–Kier alpha value is -2.22. The summed E-state index contributed by atoms with van der Waals surface area (Å²) in [5.74, 6) is 1.46. The van der Waals surface area contributed by atoms with Crippen LogP contribution < -0.4 is 0 Å². The number of likely N-dealkylation sites (tertiary alicyclic amines) is 1. The maximum absolute atomic E-state index is 12.4. The average molecular weight is 305 g/mol. The van der Waals surface area contributed by atoms with Crippen LogP contribution >= 0.6 is 0 Å². The van der Waals surface area contributed by atoms with Gasteiger partial charge in [0.15, 0.2) is 5.82 Å². The number of rotatable bonds is 4. The van der Waals surface area contributed by atoms with Gasteiger partial charge in [0.05, 0.1) is 11.8 Å². The van der Waals surface area contributed by atoms with Crippen molar-refractivity contribution in [3.05, 3.63) is 29.7 Å². The van der Waals surface area contributed by atoms with E-state index in [2.05, 4.69) is 15.2 Å². The largest absolute Gasteiger partial charge is 0.375 e. The lowest BCUT2D eigenvalue weighted by Gasteiger charge is -2.30. The summed E-state index contributed by atoms with van der Waals surface area (Å²) in [7, 11) is 3.39. The first-order valence-corrected chi connectivity index (χ1v) is 7.26. The monoisotopic (exact) mass is 305 g/mol. The summed E-state index contributed by atoms with van der Waals surface area (Å²) in [6.07, 6.45) is 5.01. The molecule has 0 atom stereocenters. The molecule has 1 aliphatic heterocycles. The van der Waals surface area contributed by atoms with E-state index < -0.39 is 0 Å². The second-order valence-electron chi connectivity index (χ2n) is 5.45. The molecule has 3 rings (SSSR count). The van der Waals surface area contributed by atoms with Gasteiger partial charge in [0.25, 0.3) is 11.8 Å². The standard InChI is InChI=1S/C14H19N5O3/c1-18-8-11(7-15-18)14(20)19-5-3-10(4-6-19)13-16-12(9-21-2)22-17-13/h7-8,10H,3-6,9H2,1-2H3. The van der Waals surface area contributed by atoms with Crippen molar-refractivity contribution < 1.29 is 14.1 Å². The van der Waals surface area contributed by atoms with Crippen LogP contribution in [0, 0.1) is 0 Å². The highest BCUT2D eigenvalue weighted by atomic mass is 16.5. The molecule has 1 amide bonds. The van der Waals surface area contributed by atoms with Crippen molar-refractivity contribution >= 4 is 5.91 Å². The van der Waals surface area contributed by atoms with Crippen LogP contribution in [0.5, 0.6) is 0 Å². The fourth-order valence-electron chi connectivity index (χ4n) is 2.67. The van der Waals surface area contributed by atoms with Crippen molar-refractivity contribution in [3.63, 3.8) is 0 Å². The number of hydrogen-bond donors (Lipinski definition) is 0. The summed E-state index contributed by atoms with van der Waals surface area (Å²) in [6, 6.07) is 0. The molecular formula is C14H19N5O3. The molecule has 3 heterocycles. The lowest BCUT2D eigenvalue weighted by molar-refractivity contribution is 0.0710. The molecule has 22 heavy (non-hydrogen) atoms. The van der Waals surface area contributed by atoms with Crippen molar-refractivity contribution in [3.8, 4) is 0 Å². The number of aromatic nitrogens is 4. The van der Waals surface area contributed by atoms with Gasteiger partial charge in [-0.1, -0.05) is 5.16 Å². The second-order valence-corrected chi connectivity index (χ2v) is 5.45. The van der Waals surface area contributed by atoms with Gasteiger partial charge in [-0.25, -0.2) is 0 Å². The first kappa shape index (κ1) is 14.7. The minimum atomic E-state index is 0.0275. The molecule has 2 aromatic heterocycles. The van der Waals surface area contributed by atoms with Gasteiger partial charge in [-0.05, 0) is 12.8 Å². The Morgan fingerprint density at radius 3 is 2.86 bits per heavy atom. The summed E-state index contributed by atoms with van der Waals surface area (Å²) in [5.41, 5.74) is 0.628. The van der Waals surface area contributed by atoms with Crippen LogP contribution in [0.2, 0.25) is 0 Å². The predicted molar refractivity (Wildman–Crippen MR) is 76.1 cm³/mol. The molecule has 0 aromatic carbocycles. The van der Waals surface area contributed by atoms with E-state index in [9.17, 15) is 4.79 Å². The molecule has 118 valence electrons.